The summed E-state index contributed by atoms with van der Waals surface area (Å²) in [6, 6.07) is 13.9. The van der Waals surface area contributed by atoms with Gasteiger partial charge in [0.15, 0.2) is 5.82 Å². The largest absolute Gasteiger partial charge is 0.495 e. The number of nitrogens with zero attached hydrogens (tertiary/aromatic N) is 5. The van der Waals surface area contributed by atoms with Crippen molar-refractivity contribution >= 4 is 21.6 Å². The van der Waals surface area contributed by atoms with Crippen molar-refractivity contribution in [2.24, 2.45) is 0 Å². The molecule has 0 atom stereocenters. The van der Waals surface area contributed by atoms with Crippen molar-refractivity contribution in [2.45, 2.75) is 42.9 Å². The lowest BCUT2D eigenvalue weighted by Gasteiger charge is -2.36. The lowest BCUT2D eigenvalue weighted by molar-refractivity contribution is 0.0746. The lowest BCUT2D eigenvalue weighted by atomic mass is 9.89. The van der Waals surface area contributed by atoms with E-state index in [0.29, 0.717) is 37.6 Å². The third-order valence-corrected chi connectivity index (χ3v) is 8.63. The molecular weight excluding hydrogens is 478 g/mol. The molecule has 2 aliphatic rings. The Balaban J connectivity index is 1.24. The number of aromatic nitrogens is 3. The maximum absolute atomic E-state index is 13.1. The summed E-state index contributed by atoms with van der Waals surface area (Å²) in [6.07, 6.45) is 6.72. The minimum Gasteiger partial charge on any atom is -0.495 e. The number of amides is 1. The molecule has 1 aromatic heterocycles. The molecule has 0 radical (unpaired) electrons. The maximum Gasteiger partial charge on any atom is 0.284 e. The number of carbonyl (C=O) groups is 1. The zero-order chi connectivity index (χ0) is 25.1. The molecule has 5 rings (SSSR count). The van der Waals surface area contributed by atoms with Gasteiger partial charge >= 0.3 is 0 Å². The molecule has 1 saturated carbocycles. The molecule has 10 heteroatoms. The van der Waals surface area contributed by atoms with Crippen LogP contribution in [0.15, 0.2) is 59.8 Å². The minimum atomic E-state index is -3.87. The van der Waals surface area contributed by atoms with Gasteiger partial charge in [-0.1, -0.05) is 31.4 Å². The second-order valence-corrected chi connectivity index (χ2v) is 11.1. The number of rotatable bonds is 6. The van der Waals surface area contributed by atoms with Crippen LogP contribution in [0.4, 0.5) is 5.69 Å². The molecule has 0 bridgehead atoms. The van der Waals surface area contributed by atoms with Crippen LogP contribution >= 0.6 is 0 Å². The molecule has 1 saturated heterocycles. The van der Waals surface area contributed by atoms with Gasteiger partial charge in [-0.2, -0.15) is 8.42 Å². The number of methoxy groups -OCH3 is 1. The molecular formula is C26H31N5O4S. The molecule has 2 fully saturated rings. The van der Waals surface area contributed by atoms with E-state index in [0.717, 1.165) is 41.2 Å². The van der Waals surface area contributed by atoms with Crippen molar-refractivity contribution in [3.63, 3.8) is 0 Å². The smallest absolute Gasteiger partial charge is 0.284 e. The summed E-state index contributed by atoms with van der Waals surface area (Å²) in [7, 11) is -2.22. The SMILES string of the molecule is COc1ccccc1N1CCN(C(=O)c2ccc(S(=O)(=O)n3cnc(C4CCCCC4)n3)cc2)CC1. The predicted octanol–water partition coefficient (Wildman–Crippen LogP) is 3.53. The molecule has 1 amide bonds. The van der Waals surface area contributed by atoms with E-state index in [9.17, 15) is 13.2 Å². The number of hydrogen-bond acceptors (Lipinski definition) is 7. The standard InChI is InChI=1S/C26H31N5O4S/c1-35-24-10-6-5-9-23(24)29-15-17-30(18-16-29)26(32)21-11-13-22(14-12-21)36(33,34)31-19-27-25(28-31)20-7-3-2-4-8-20/h5-6,9-14,19-20H,2-4,7-8,15-18H2,1H3. The first kappa shape index (κ1) is 24.3. The lowest BCUT2D eigenvalue weighted by Crippen LogP contribution is -2.48. The van der Waals surface area contributed by atoms with Gasteiger partial charge in [0.25, 0.3) is 15.9 Å². The summed E-state index contributed by atoms with van der Waals surface area (Å²) in [6.45, 7) is 2.52. The van der Waals surface area contributed by atoms with E-state index < -0.39 is 10.0 Å². The van der Waals surface area contributed by atoms with Gasteiger partial charge in [-0.3, -0.25) is 4.79 Å². The van der Waals surface area contributed by atoms with E-state index in [1.807, 2.05) is 24.3 Å². The number of ether oxygens (including phenoxy) is 1. The fraction of sp³-hybridized carbons (Fsp3) is 0.423. The highest BCUT2D eigenvalue weighted by Gasteiger charge is 2.26. The molecule has 0 unspecified atom stereocenters. The third-order valence-electron chi connectivity index (χ3n) is 7.10. The van der Waals surface area contributed by atoms with Crippen LogP contribution in [0.3, 0.4) is 0 Å². The van der Waals surface area contributed by atoms with Crippen molar-refractivity contribution in [2.75, 3.05) is 38.2 Å². The quantitative estimate of drug-likeness (QED) is 0.501. The molecule has 0 N–H and O–H groups in total. The normalized spacial score (nSPS) is 17.2. The van der Waals surface area contributed by atoms with E-state index in [2.05, 4.69) is 15.0 Å². The monoisotopic (exact) mass is 509 g/mol. The minimum absolute atomic E-state index is 0.0835. The highest BCUT2D eigenvalue weighted by atomic mass is 32.2. The molecule has 2 heterocycles. The number of carbonyl (C=O) groups excluding carboxylic acids is 1. The molecule has 2 aromatic carbocycles. The van der Waals surface area contributed by atoms with Gasteiger partial charge in [-0.25, -0.2) is 4.98 Å². The second kappa shape index (κ2) is 10.3. The van der Waals surface area contributed by atoms with Gasteiger partial charge in [-0.05, 0) is 49.2 Å². The van der Waals surface area contributed by atoms with E-state index in [-0.39, 0.29) is 16.7 Å². The van der Waals surface area contributed by atoms with Crippen molar-refractivity contribution in [3.8, 4) is 5.75 Å². The number of para-hydroxylation sites is 2. The van der Waals surface area contributed by atoms with E-state index in [4.69, 9.17) is 4.74 Å². The summed E-state index contributed by atoms with van der Waals surface area (Å²) in [5, 5.41) is 4.29. The highest BCUT2D eigenvalue weighted by molar-refractivity contribution is 7.89. The van der Waals surface area contributed by atoms with Crippen LogP contribution in [0.1, 0.15) is 54.2 Å². The first-order valence-corrected chi connectivity index (χ1v) is 13.9. The van der Waals surface area contributed by atoms with Gasteiger partial charge in [0.2, 0.25) is 0 Å². The van der Waals surface area contributed by atoms with Gasteiger partial charge in [0, 0.05) is 37.7 Å². The zero-order valence-electron chi connectivity index (χ0n) is 20.4. The molecule has 1 aliphatic heterocycles. The fourth-order valence-electron chi connectivity index (χ4n) is 5.03. The average molecular weight is 510 g/mol. The first-order valence-electron chi connectivity index (χ1n) is 12.4. The Labute approximate surface area is 211 Å². The fourth-order valence-corrected chi connectivity index (χ4v) is 6.08. The number of anilines is 1. The topological polar surface area (TPSA) is 97.6 Å². The van der Waals surface area contributed by atoms with E-state index in [1.165, 1.54) is 24.9 Å². The van der Waals surface area contributed by atoms with Crippen LogP contribution in [0, 0.1) is 0 Å². The highest BCUT2D eigenvalue weighted by Crippen LogP contribution is 2.31. The zero-order valence-corrected chi connectivity index (χ0v) is 21.2. The molecule has 190 valence electrons. The first-order chi connectivity index (χ1) is 17.5. The van der Waals surface area contributed by atoms with Crippen LogP contribution < -0.4 is 9.64 Å². The van der Waals surface area contributed by atoms with Crippen LogP contribution in [0.2, 0.25) is 0 Å². The summed E-state index contributed by atoms with van der Waals surface area (Å²) < 4.78 is 32.6. The van der Waals surface area contributed by atoms with Crippen molar-refractivity contribution in [1.29, 1.82) is 0 Å². The summed E-state index contributed by atoms with van der Waals surface area (Å²) in [4.78, 5) is 21.4. The average Bonchev–Trinajstić information content (AvgIpc) is 3.45. The number of hydrogen-bond donors (Lipinski definition) is 0. The second-order valence-electron chi connectivity index (χ2n) is 9.29. The predicted molar refractivity (Wildman–Crippen MR) is 136 cm³/mol. The Morgan fingerprint density at radius 3 is 2.33 bits per heavy atom. The van der Waals surface area contributed by atoms with Gasteiger partial charge in [0.1, 0.15) is 12.1 Å². The van der Waals surface area contributed by atoms with Crippen LogP contribution in [0.25, 0.3) is 0 Å². The Bertz CT molecular complexity index is 1310. The van der Waals surface area contributed by atoms with Gasteiger partial charge < -0.3 is 14.5 Å². The Morgan fingerprint density at radius 2 is 1.64 bits per heavy atom. The van der Waals surface area contributed by atoms with E-state index in [1.54, 1.807) is 24.1 Å². The van der Waals surface area contributed by atoms with Crippen LogP contribution in [-0.4, -0.2) is 66.7 Å². The maximum atomic E-state index is 13.1. The van der Waals surface area contributed by atoms with Crippen molar-refractivity contribution in [1.82, 2.24) is 19.1 Å². The van der Waals surface area contributed by atoms with Crippen molar-refractivity contribution in [3.05, 3.63) is 66.2 Å². The Morgan fingerprint density at radius 1 is 0.944 bits per heavy atom. The van der Waals surface area contributed by atoms with Crippen LogP contribution in [-0.2, 0) is 10.0 Å². The molecule has 1 aliphatic carbocycles. The number of benzene rings is 2. The van der Waals surface area contributed by atoms with Crippen molar-refractivity contribution < 1.29 is 17.9 Å². The molecule has 3 aromatic rings. The summed E-state index contributed by atoms with van der Waals surface area (Å²) in [5.74, 6) is 1.52. The van der Waals surface area contributed by atoms with Crippen LogP contribution in [0.5, 0.6) is 5.75 Å². The summed E-state index contributed by atoms with van der Waals surface area (Å²) >= 11 is 0. The van der Waals surface area contributed by atoms with Gasteiger partial charge in [0.05, 0.1) is 17.7 Å². The third kappa shape index (κ3) is 4.82. The Kier molecular flexibility index (Phi) is 6.95. The summed E-state index contributed by atoms with van der Waals surface area (Å²) in [5.41, 5.74) is 1.47. The molecule has 36 heavy (non-hydrogen) atoms. The molecule has 9 nitrogen and oxygen atoms in total. The number of piperazine rings is 1. The Hall–Kier alpha value is -3.40. The van der Waals surface area contributed by atoms with E-state index >= 15 is 0 Å². The van der Waals surface area contributed by atoms with Gasteiger partial charge in [-0.15, -0.1) is 9.19 Å². The molecule has 0 spiro atoms.